The first kappa shape index (κ1) is 20.5. The second kappa shape index (κ2) is 7.78. The first-order valence-corrected chi connectivity index (χ1v) is 10.4. The van der Waals surface area contributed by atoms with Gasteiger partial charge in [-0.05, 0) is 60.9 Å². The number of carbonyl (C=O) groups is 2. The molecule has 2 aromatic rings. The van der Waals surface area contributed by atoms with Crippen molar-refractivity contribution in [2.45, 2.75) is 33.3 Å². The van der Waals surface area contributed by atoms with Crippen LogP contribution in [0.3, 0.4) is 0 Å². The van der Waals surface area contributed by atoms with E-state index < -0.39 is 5.41 Å². The summed E-state index contributed by atoms with van der Waals surface area (Å²) in [6, 6.07) is 10.2. The second-order valence-corrected chi connectivity index (χ2v) is 8.75. The van der Waals surface area contributed by atoms with Gasteiger partial charge in [0.1, 0.15) is 23.6 Å². The number of allylic oxidation sites excluding steroid dienone is 1. The number of carbonyl (C=O) groups excluding carboxylic acids is 2. The number of rotatable bonds is 4. The summed E-state index contributed by atoms with van der Waals surface area (Å²) in [5, 5.41) is 0. The number of cyclic esters (lactones) is 1. The molecule has 0 N–H and O–H groups in total. The number of pyridine rings is 1. The molecule has 1 aromatic carbocycles. The maximum absolute atomic E-state index is 13.5. The monoisotopic (exact) mass is 407 g/mol. The van der Waals surface area contributed by atoms with Gasteiger partial charge in [-0.25, -0.2) is 4.39 Å². The molecule has 1 aromatic heterocycles. The normalized spacial score (nSPS) is 33.3. The number of benzene rings is 1. The molecule has 2 aliphatic rings. The van der Waals surface area contributed by atoms with E-state index >= 15 is 0 Å². The van der Waals surface area contributed by atoms with E-state index in [0.29, 0.717) is 12.3 Å². The largest absolute Gasteiger partial charge is 0.462 e. The van der Waals surface area contributed by atoms with Crippen molar-refractivity contribution in [3.63, 3.8) is 0 Å². The van der Waals surface area contributed by atoms with Gasteiger partial charge in [0.2, 0.25) is 0 Å². The zero-order valence-corrected chi connectivity index (χ0v) is 17.4. The maximum atomic E-state index is 13.5. The van der Waals surface area contributed by atoms with E-state index in [1.165, 1.54) is 12.1 Å². The van der Waals surface area contributed by atoms with Gasteiger partial charge in [0, 0.05) is 17.7 Å². The highest BCUT2D eigenvalue weighted by Gasteiger charge is 2.62. The van der Waals surface area contributed by atoms with Gasteiger partial charge in [-0.15, -0.1) is 0 Å². The van der Waals surface area contributed by atoms with E-state index in [-0.39, 0.29) is 35.6 Å². The molecule has 2 fully saturated rings. The van der Waals surface area contributed by atoms with E-state index in [0.717, 1.165) is 23.1 Å². The van der Waals surface area contributed by atoms with Crippen molar-refractivity contribution in [2.24, 2.45) is 29.1 Å². The van der Waals surface area contributed by atoms with Crippen LogP contribution in [-0.4, -0.2) is 23.3 Å². The molecule has 1 aliphatic carbocycles. The molecule has 0 radical (unpaired) electrons. The number of ether oxygens (including phenoxy) is 1. The highest BCUT2D eigenvalue weighted by Crippen LogP contribution is 2.55. The van der Waals surface area contributed by atoms with Crippen LogP contribution in [0.25, 0.3) is 17.2 Å². The average Bonchev–Trinajstić information content (AvgIpc) is 2.98. The predicted octanol–water partition coefficient (Wildman–Crippen LogP) is 4.94. The van der Waals surface area contributed by atoms with Crippen LogP contribution in [-0.2, 0) is 14.3 Å². The van der Waals surface area contributed by atoms with Crippen LogP contribution in [0.5, 0.6) is 0 Å². The standard InChI is InChI=1S/C25H26FNO3/c1-15-12-25(14-28)23(17(3)30-24(25)29)22(16(15)2)10-9-21-8-7-19(13-27-21)18-5-4-6-20(26)11-18/h4-11,13-17,22-23H,12H2,1-3H3/b10-9+. The van der Waals surface area contributed by atoms with Crippen LogP contribution in [0, 0.1) is 34.9 Å². The summed E-state index contributed by atoms with van der Waals surface area (Å²) in [5.74, 6) is -0.269. The Labute approximate surface area is 176 Å². The van der Waals surface area contributed by atoms with Crippen molar-refractivity contribution in [2.75, 3.05) is 0 Å². The van der Waals surface area contributed by atoms with Crippen molar-refractivity contribution in [1.29, 1.82) is 0 Å². The van der Waals surface area contributed by atoms with E-state index in [9.17, 15) is 14.0 Å². The third kappa shape index (κ3) is 3.36. The number of aldehydes is 1. The zero-order chi connectivity index (χ0) is 21.5. The molecule has 6 atom stereocenters. The Balaban J connectivity index is 1.60. The Kier molecular flexibility index (Phi) is 5.31. The minimum absolute atomic E-state index is 0.0325. The molecule has 2 heterocycles. The SMILES string of the molecule is CC1CC2(C=O)C(=O)OC(C)C2C(/C=C/c2ccc(-c3cccc(F)c3)cn2)C1C. The summed E-state index contributed by atoms with van der Waals surface area (Å²) in [5.41, 5.74) is 1.35. The third-order valence-electron chi connectivity index (χ3n) is 7.00. The van der Waals surface area contributed by atoms with Crippen LogP contribution < -0.4 is 0 Å². The molecule has 1 saturated carbocycles. The Morgan fingerprint density at radius 1 is 1.17 bits per heavy atom. The minimum atomic E-state index is -1.05. The molecule has 5 heteroatoms. The van der Waals surface area contributed by atoms with Crippen molar-refractivity contribution >= 4 is 18.3 Å². The average molecular weight is 407 g/mol. The van der Waals surface area contributed by atoms with Gasteiger partial charge in [-0.1, -0.05) is 38.1 Å². The van der Waals surface area contributed by atoms with Crippen molar-refractivity contribution in [3.8, 4) is 11.1 Å². The van der Waals surface area contributed by atoms with Crippen LogP contribution in [0.1, 0.15) is 32.9 Å². The smallest absolute Gasteiger partial charge is 0.320 e. The Hall–Kier alpha value is -2.82. The lowest BCUT2D eigenvalue weighted by Gasteiger charge is -2.44. The summed E-state index contributed by atoms with van der Waals surface area (Å²) < 4.78 is 19.0. The number of halogens is 1. The summed E-state index contributed by atoms with van der Waals surface area (Å²) in [6.45, 7) is 6.14. The van der Waals surface area contributed by atoms with E-state index in [1.54, 1.807) is 12.3 Å². The van der Waals surface area contributed by atoms with Gasteiger partial charge in [0.05, 0.1) is 5.69 Å². The fraction of sp³-hybridized carbons (Fsp3) is 0.400. The maximum Gasteiger partial charge on any atom is 0.320 e. The topological polar surface area (TPSA) is 56.3 Å². The molecular weight excluding hydrogens is 381 g/mol. The summed E-state index contributed by atoms with van der Waals surface area (Å²) >= 11 is 0. The molecule has 1 saturated heterocycles. The highest BCUT2D eigenvalue weighted by molar-refractivity contribution is 5.95. The van der Waals surface area contributed by atoms with Gasteiger partial charge in [-0.2, -0.15) is 0 Å². The van der Waals surface area contributed by atoms with Crippen LogP contribution in [0.2, 0.25) is 0 Å². The summed E-state index contributed by atoms with van der Waals surface area (Å²) in [7, 11) is 0. The van der Waals surface area contributed by atoms with Gasteiger partial charge in [0.15, 0.2) is 0 Å². The van der Waals surface area contributed by atoms with Gasteiger partial charge >= 0.3 is 5.97 Å². The molecule has 4 nitrogen and oxygen atoms in total. The quantitative estimate of drug-likeness (QED) is 0.409. The lowest BCUT2D eigenvalue weighted by Crippen LogP contribution is -2.48. The molecule has 30 heavy (non-hydrogen) atoms. The van der Waals surface area contributed by atoms with Gasteiger partial charge in [-0.3, -0.25) is 9.78 Å². The van der Waals surface area contributed by atoms with Crippen LogP contribution >= 0.6 is 0 Å². The van der Waals surface area contributed by atoms with Crippen molar-refractivity contribution < 1.29 is 18.7 Å². The summed E-state index contributed by atoms with van der Waals surface area (Å²) in [6.07, 6.45) is 6.80. The van der Waals surface area contributed by atoms with Gasteiger partial charge in [0.25, 0.3) is 0 Å². The number of hydrogen-bond donors (Lipinski definition) is 0. The Bertz CT molecular complexity index is 986. The van der Waals surface area contributed by atoms with E-state index in [4.69, 9.17) is 4.74 Å². The first-order chi connectivity index (χ1) is 14.4. The Morgan fingerprint density at radius 2 is 1.97 bits per heavy atom. The summed E-state index contributed by atoms with van der Waals surface area (Å²) in [4.78, 5) is 29.0. The molecule has 4 rings (SSSR count). The number of fused-ring (bicyclic) bond motifs is 1. The van der Waals surface area contributed by atoms with Crippen molar-refractivity contribution in [1.82, 2.24) is 4.98 Å². The Morgan fingerprint density at radius 3 is 2.63 bits per heavy atom. The fourth-order valence-corrected chi connectivity index (χ4v) is 5.23. The fourth-order valence-electron chi connectivity index (χ4n) is 5.23. The molecule has 6 unspecified atom stereocenters. The van der Waals surface area contributed by atoms with E-state index in [1.807, 2.05) is 31.2 Å². The van der Waals surface area contributed by atoms with Crippen LogP contribution in [0.15, 0.2) is 48.7 Å². The highest BCUT2D eigenvalue weighted by atomic mass is 19.1. The third-order valence-corrected chi connectivity index (χ3v) is 7.00. The molecular formula is C25H26FNO3. The molecule has 156 valence electrons. The zero-order valence-electron chi connectivity index (χ0n) is 17.4. The predicted molar refractivity (Wildman–Crippen MR) is 113 cm³/mol. The van der Waals surface area contributed by atoms with Crippen molar-refractivity contribution in [3.05, 3.63) is 60.2 Å². The minimum Gasteiger partial charge on any atom is -0.462 e. The molecule has 1 aliphatic heterocycles. The lowest BCUT2D eigenvalue weighted by molar-refractivity contribution is -0.152. The molecule has 0 amide bonds. The molecule has 0 spiro atoms. The second-order valence-electron chi connectivity index (χ2n) is 8.75. The number of esters is 1. The number of aromatic nitrogens is 1. The van der Waals surface area contributed by atoms with Crippen LogP contribution in [0.4, 0.5) is 4.39 Å². The van der Waals surface area contributed by atoms with Gasteiger partial charge < -0.3 is 9.53 Å². The first-order valence-electron chi connectivity index (χ1n) is 10.4. The molecule has 0 bridgehead atoms. The number of hydrogen-bond acceptors (Lipinski definition) is 4. The number of nitrogens with zero attached hydrogens (tertiary/aromatic N) is 1. The lowest BCUT2D eigenvalue weighted by atomic mass is 9.55. The van der Waals surface area contributed by atoms with E-state index in [2.05, 4.69) is 24.9 Å².